The molecule has 7 heteroatoms. The van der Waals surface area contributed by atoms with Crippen molar-refractivity contribution in [2.45, 2.75) is 58.5 Å². The summed E-state index contributed by atoms with van der Waals surface area (Å²) in [6.45, 7) is 3.72. The topological polar surface area (TPSA) is 78.9 Å². The van der Waals surface area contributed by atoms with E-state index in [0.717, 1.165) is 25.7 Å². The van der Waals surface area contributed by atoms with Gasteiger partial charge in [0.1, 0.15) is 6.16 Å². The molecule has 2 rings (SSSR count). The molecule has 2 aliphatic rings. The first-order valence-electron chi connectivity index (χ1n) is 8.73. The van der Waals surface area contributed by atoms with Crippen molar-refractivity contribution in [2.24, 2.45) is 5.41 Å². The molecule has 0 heterocycles. The second kappa shape index (κ2) is 8.41. The Kier molecular flexibility index (Phi) is 6.79. The van der Waals surface area contributed by atoms with Gasteiger partial charge >= 0.3 is 13.6 Å². The Bertz CT molecular complexity index is 525. The number of ether oxygens (including phenoxy) is 1. The molecule has 6 nitrogen and oxygen atoms in total. The van der Waals surface area contributed by atoms with Crippen LogP contribution < -0.4 is 0 Å². The van der Waals surface area contributed by atoms with Gasteiger partial charge in [-0.15, -0.1) is 0 Å². The van der Waals surface area contributed by atoms with Crippen LogP contribution in [0.15, 0.2) is 12.2 Å². The van der Waals surface area contributed by atoms with Crippen molar-refractivity contribution in [3.8, 4) is 0 Å². The zero-order valence-corrected chi connectivity index (χ0v) is 15.4. The molecule has 0 radical (unpaired) electrons. The molecular weight excluding hydrogens is 331 g/mol. The number of esters is 1. The zero-order chi connectivity index (χ0) is 17.6. The van der Waals surface area contributed by atoms with Gasteiger partial charge in [-0.25, -0.2) is 0 Å². The number of hydrogen-bond acceptors (Lipinski definition) is 6. The highest BCUT2D eigenvalue weighted by Gasteiger charge is 2.40. The number of rotatable bonds is 7. The SMILES string of the molecule is CCOP(=O)(CC(=O)OC1CC2(C=CC1=O)CCCCC2)OCC. The average molecular weight is 358 g/mol. The molecule has 1 saturated carbocycles. The molecule has 0 aromatic carbocycles. The van der Waals surface area contributed by atoms with Crippen LogP contribution in [0.2, 0.25) is 0 Å². The van der Waals surface area contributed by atoms with Gasteiger partial charge in [-0.3, -0.25) is 14.2 Å². The van der Waals surface area contributed by atoms with Crippen molar-refractivity contribution in [2.75, 3.05) is 19.4 Å². The fourth-order valence-corrected chi connectivity index (χ4v) is 4.94. The minimum Gasteiger partial charge on any atom is -0.453 e. The molecule has 2 aliphatic carbocycles. The summed E-state index contributed by atoms with van der Waals surface area (Å²) in [6, 6.07) is 0. The summed E-state index contributed by atoms with van der Waals surface area (Å²) in [5.74, 6) is -0.915. The fraction of sp³-hybridized carbons (Fsp3) is 0.765. The van der Waals surface area contributed by atoms with Crippen molar-refractivity contribution < 1.29 is 27.9 Å². The Morgan fingerprint density at radius 2 is 1.83 bits per heavy atom. The quantitative estimate of drug-likeness (QED) is 0.511. The number of allylic oxidation sites excluding steroid dienone is 1. The first-order chi connectivity index (χ1) is 11.4. The number of carbonyl (C=O) groups is 2. The Labute approximate surface area is 143 Å². The van der Waals surface area contributed by atoms with E-state index in [2.05, 4.69) is 0 Å². The van der Waals surface area contributed by atoms with Crippen LogP contribution in [-0.2, 0) is 27.9 Å². The minimum absolute atomic E-state index is 0.0410. The van der Waals surface area contributed by atoms with Crippen molar-refractivity contribution in [3.05, 3.63) is 12.2 Å². The van der Waals surface area contributed by atoms with Crippen molar-refractivity contribution in [1.82, 2.24) is 0 Å². The molecule has 0 N–H and O–H groups in total. The highest BCUT2D eigenvalue weighted by atomic mass is 31.2. The lowest BCUT2D eigenvalue weighted by Gasteiger charge is -2.39. The Morgan fingerprint density at radius 1 is 1.21 bits per heavy atom. The van der Waals surface area contributed by atoms with Crippen LogP contribution >= 0.6 is 7.60 Å². The van der Waals surface area contributed by atoms with E-state index < -0.39 is 25.8 Å². The van der Waals surface area contributed by atoms with Gasteiger partial charge in [0.25, 0.3) is 0 Å². The molecule has 1 unspecified atom stereocenters. The van der Waals surface area contributed by atoms with E-state index in [1.807, 2.05) is 6.08 Å². The van der Waals surface area contributed by atoms with Gasteiger partial charge in [0.15, 0.2) is 11.9 Å². The standard InChI is InChI=1S/C17H27O6P/c1-3-21-24(20,22-4-2)13-16(19)23-15-12-17(11-8-14(15)18)9-6-5-7-10-17/h8,11,15H,3-7,9-10,12-13H2,1-2H3. The molecule has 136 valence electrons. The normalized spacial score (nSPS) is 23.4. The molecule has 0 amide bonds. The molecule has 24 heavy (non-hydrogen) atoms. The van der Waals surface area contributed by atoms with Crippen LogP contribution in [0.3, 0.4) is 0 Å². The smallest absolute Gasteiger partial charge is 0.341 e. The van der Waals surface area contributed by atoms with Crippen LogP contribution in [-0.4, -0.2) is 37.2 Å². The lowest BCUT2D eigenvalue weighted by Crippen LogP contribution is -2.38. The maximum Gasteiger partial charge on any atom is 0.341 e. The van der Waals surface area contributed by atoms with E-state index in [-0.39, 0.29) is 24.4 Å². The Hall–Kier alpha value is -0.970. The lowest BCUT2D eigenvalue weighted by atomic mass is 9.68. The predicted molar refractivity (Wildman–Crippen MR) is 89.9 cm³/mol. The molecule has 0 saturated heterocycles. The van der Waals surface area contributed by atoms with Gasteiger partial charge < -0.3 is 13.8 Å². The van der Waals surface area contributed by atoms with Crippen molar-refractivity contribution in [3.63, 3.8) is 0 Å². The number of hydrogen-bond donors (Lipinski definition) is 0. The van der Waals surface area contributed by atoms with Gasteiger partial charge in [-0.2, -0.15) is 0 Å². The number of ketones is 1. The summed E-state index contributed by atoms with van der Waals surface area (Å²) in [5, 5.41) is 0. The molecule has 1 fully saturated rings. The molecule has 0 aromatic heterocycles. The summed E-state index contributed by atoms with van der Waals surface area (Å²) in [4.78, 5) is 24.2. The minimum atomic E-state index is -3.51. The summed E-state index contributed by atoms with van der Waals surface area (Å²) in [7, 11) is -3.51. The molecule has 1 spiro atoms. The lowest BCUT2D eigenvalue weighted by molar-refractivity contribution is -0.153. The van der Waals surface area contributed by atoms with Gasteiger partial charge in [0, 0.05) is 6.42 Å². The highest BCUT2D eigenvalue weighted by Crippen LogP contribution is 2.48. The van der Waals surface area contributed by atoms with E-state index in [9.17, 15) is 14.2 Å². The van der Waals surface area contributed by atoms with E-state index in [0.29, 0.717) is 6.42 Å². The first kappa shape index (κ1) is 19.4. The van der Waals surface area contributed by atoms with Crippen molar-refractivity contribution >= 4 is 19.3 Å². The van der Waals surface area contributed by atoms with Gasteiger partial charge in [-0.05, 0) is 38.2 Å². The van der Waals surface area contributed by atoms with Crippen molar-refractivity contribution in [1.29, 1.82) is 0 Å². The third-order valence-electron chi connectivity index (χ3n) is 4.61. The summed E-state index contributed by atoms with van der Waals surface area (Å²) < 4.78 is 27.9. The maximum atomic E-state index is 12.4. The highest BCUT2D eigenvalue weighted by molar-refractivity contribution is 7.54. The maximum absolute atomic E-state index is 12.4. The van der Waals surface area contributed by atoms with Gasteiger partial charge in [0.05, 0.1) is 13.2 Å². The molecule has 0 aromatic rings. The third kappa shape index (κ3) is 5.01. The van der Waals surface area contributed by atoms with E-state index in [1.165, 1.54) is 12.5 Å². The van der Waals surface area contributed by atoms with Gasteiger partial charge in [0.2, 0.25) is 0 Å². The molecule has 1 atom stereocenters. The Morgan fingerprint density at radius 3 is 2.42 bits per heavy atom. The van der Waals surface area contributed by atoms with Gasteiger partial charge in [-0.1, -0.05) is 25.3 Å². The molecule has 0 aliphatic heterocycles. The van der Waals surface area contributed by atoms with E-state index >= 15 is 0 Å². The fourth-order valence-electron chi connectivity index (χ4n) is 3.51. The predicted octanol–water partition coefficient (Wildman–Crippen LogP) is 3.64. The second-order valence-corrected chi connectivity index (χ2v) is 8.50. The van der Waals surface area contributed by atoms with Crippen LogP contribution in [0.5, 0.6) is 0 Å². The number of carbonyl (C=O) groups excluding carboxylic acids is 2. The summed E-state index contributed by atoms with van der Waals surface area (Å²) >= 11 is 0. The summed E-state index contributed by atoms with van der Waals surface area (Å²) in [5.41, 5.74) is -0.0410. The van der Waals surface area contributed by atoms with Crippen LogP contribution in [0, 0.1) is 5.41 Å². The first-order valence-corrected chi connectivity index (χ1v) is 10.5. The Balaban J connectivity index is 1.98. The monoisotopic (exact) mass is 358 g/mol. The zero-order valence-electron chi connectivity index (χ0n) is 14.5. The molecular formula is C17H27O6P. The third-order valence-corrected chi connectivity index (χ3v) is 6.56. The largest absolute Gasteiger partial charge is 0.453 e. The van der Waals surface area contributed by atoms with Crippen LogP contribution in [0.1, 0.15) is 52.4 Å². The van der Waals surface area contributed by atoms with E-state index in [4.69, 9.17) is 13.8 Å². The van der Waals surface area contributed by atoms with E-state index in [1.54, 1.807) is 13.8 Å². The molecule has 0 bridgehead atoms. The average Bonchev–Trinajstić information content (AvgIpc) is 2.52. The van der Waals surface area contributed by atoms with Crippen LogP contribution in [0.4, 0.5) is 0 Å². The van der Waals surface area contributed by atoms with Crippen LogP contribution in [0.25, 0.3) is 0 Å². The summed E-state index contributed by atoms with van der Waals surface area (Å²) in [6.07, 6.45) is 8.28. The second-order valence-electron chi connectivity index (χ2n) is 6.45.